The number of carbonyl (C=O) groups excluding carboxylic acids is 1. The molecule has 2 heterocycles. The van der Waals surface area contributed by atoms with Crippen LogP contribution in [0.4, 0.5) is 0 Å². The van der Waals surface area contributed by atoms with Crippen molar-refractivity contribution in [1.82, 2.24) is 10.3 Å². The van der Waals surface area contributed by atoms with E-state index in [1.165, 1.54) is 0 Å². The first-order valence-electron chi connectivity index (χ1n) is 8.35. The third-order valence-corrected chi connectivity index (χ3v) is 4.56. The van der Waals surface area contributed by atoms with Crippen LogP contribution in [0.15, 0.2) is 42.6 Å². The van der Waals surface area contributed by atoms with Crippen LogP contribution in [0.25, 0.3) is 10.9 Å². The molecule has 2 N–H and O–H groups in total. The summed E-state index contributed by atoms with van der Waals surface area (Å²) in [6.07, 6.45) is 5.71. The number of benzene rings is 1. The Morgan fingerprint density at radius 2 is 2.20 bits per heavy atom. The third kappa shape index (κ3) is 3.76. The number of aromatic nitrogens is 1. The standard InChI is InChI=1S/C19H24N2O4/c1-13(10-14-11-20-16-7-5-4-6-15(14)16)18(22)21-12-19(24-3)9-8-17(23-2)25-19/h4-9,11,13,17,20H,10,12H2,1-3H3,(H,21,22). The van der Waals surface area contributed by atoms with Gasteiger partial charge in [0, 0.05) is 37.2 Å². The molecule has 3 rings (SSSR count). The Morgan fingerprint density at radius 3 is 2.92 bits per heavy atom. The van der Waals surface area contributed by atoms with Gasteiger partial charge in [0.2, 0.25) is 11.7 Å². The summed E-state index contributed by atoms with van der Waals surface area (Å²) in [5, 5.41) is 4.07. The number of H-pyrrole nitrogens is 1. The lowest BCUT2D eigenvalue weighted by Crippen LogP contribution is -2.46. The van der Waals surface area contributed by atoms with Crippen molar-refractivity contribution in [2.45, 2.75) is 25.4 Å². The number of aromatic amines is 1. The zero-order valence-corrected chi connectivity index (χ0v) is 14.7. The maximum atomic E-state index is 12.5. The first kappa shape index (κ1) is 17.7. The number of amides is 1. The molecular formula is C19H24N2O4. The van der Waals surface area contributed by atoms with Crippen molar-refractivity contribution in [1.29, 1.82) is 0 Å². The molecule has 0 aliphatic carbocycles. The summed E-state index contributed by atoms with van der Waals surface area (Å²) >= 11 is 0. The van der Waals surface area contributed by atoms with Crippen LogP contribution in [0.3, 0.4) is 0 Å². The second-order valence-electron chi connectivity index (χ2n) is 6.28. The molecule has 1 aliphatic rings. The monoisotopic (exact) mass is 344 g/mol. The molecule has 25 heavy (non-hydrogen) atoms. The van der Waals surface area contributed by atoms with Gasteiger partial charge in [-0.05, 0) is 30.2 Å². The highest BCUT2D eigenvalue weighted by Gasteiger charge is 2.36. The highest BCUT2D eigenvalue weighted by atomic mass is 16.8. The number of ether oxygens (including phenoxy) is 3. The summed E-state index contributed by atoms with van der Waals surface area (Å²) in [6, 6.07) is 8.09. The van der Waals surface area contributed by atoms with Gasteiger partial charge in [0.15, 0.2) is 6.29 Å². The zero-order valence-electron chi connectivity index (χ0n) is 14.7. The third-order valence-electron chi connectivity index (χ3n) is 4.56. The summed E-state index contributed by atoms with van der Waals surface area (Å²) < 4.78 is 16.2. The average Bonchev–Trinajstić information content (AvgIpc) is 3.25. The quantitative estimate of drug-likeness (QED) is 0.757. The summed E-state index contributed by atoms with van der Waals surface area (Å²) in [6.45, 7) is 2.15. The summed E-state index contributed by atoms with van der Waals surface area (Å²) in [7, 11) is 3.10. The van der Waals surface area contributed by atoms with E-state index in [1.807, 2.05) is 31.3 Å². The molecule has 1 aromatic carbocycles. The predicted octanol–water partition coefficient (Wildman–Crippen LogP) is 2.36. The fourth-order valence-corrected chi connectivity index (χ4v) is 3.02. The Balaban J connectivity index is 1.59. The van der Waals surface area contributed by atoms with Crippen LogP contribution in [-0.4, -0.2) is 43.7 Å². The molecule has 3 unspecified atom stereocenters. The van der Waals surface area contributed by atoms with Crippen LogP contribution >= 0.6 is 0 Å². The molecule has 0 fully saturated rings. The van der Waals surface area contributed by atoms with E-state index < -0.39 is 12.1 Å². The first-order valence-corrected chi connectivity index (χ1v) is 8.35. The van der Waals surface area contributed by atoms with E-state index in [1.54, 1.807) is 26.4 Å². The number of fused-ring (bicyclic) bond motifs is 1. The maximum Gasteiger partial charge on any atom is 0.223 e. The van der Waals surface area contributed by atoms with Crippen molar-refractivity contribution in [3.05, 3.63) is 48.2 Å². The Morgan fingerprint density at radius 1 is 1.40 bits per heavy atom. The molecule has 0 radical (unpaired) electrons. The van der Waals surface area contributed by atoms with Gasteiger partial charge in [0.25, 0.3) is 0 Å². The summed E-state index contributed by atoms with van der Waals surface area (Å²) in [5.41, 5.74) is 2.22. The molecular weight excluding hydrogens is 320 g/mol. The van der Waals surface area contributed by atoms with Crippen molar-refractivity contribution < 1.29 is 19.0 Å². The molecule has 0 spiro atoms. The SMILES string of the molecule is COC1C=CC(CNC(=O)C(C)Cc2c[nH]c3ccccc23)(OC)O1. The Labute approximate surface area is 147 Å². The minimum absolute atomic E-state index is 0.0421. The van der Waals surface area contributed by atoms with Crippen molar-refractivity contribution in [2.24, 2.45) is 5.92 Å². The largest absolute Gasteiger partial charge is 0.361 e. The van der Waals surface area contributed by atoms with Crippen LogP contribution in [0.1, 0.15) is 12.5 Å². The van der Waals surface area contributed by atoms with Crippen LogP contribution in [0.5, 0.6) is 0 Å². The molecule has 1 aromatic heterocycles. The van der Waals surface area contributed by atoms with Crippen LogP contribution in [-0.2, 0) is 25.4 Å². The molecule has 0 saturated carbocycles. The van der Waals surface area contributed by atoms with Gasteiger partial charge < -0.3 is 24.5 Å². The van der Waals surface area contributed by atoms with Gasteiger partial charge in [-0.25, -0.2) is 0 Å². The van der Waals surface area contributed by atoms with E-state index in [0.717, 1.165) is 16.5 Å². The number of hydrogen-bond donors (Lipinski definition) is 2. The van der Waals surface area contributed by atoms with Crippen molar-refractivity contribution in [3.63, 3.8) is 0 Å². The van der Waals surface area contributed by atoms with Gasteiger partial charge >= 0.3 is 0 Å². The van der Waals surface area contributed by atoms with Crippen molar-refractivity contribution in [2.75, 3.05) is 20.8 Å². The number of hydrogen-bond acceptors (Lipinski definition) is 4. The molecule has 134 valence electrons. The van der Waals surface area contributed by atoms with Gasteiger partial charge in [-0.3, -0.25) is 4.79 Å². The minimum Gasteiger partial charge on any atom is -0.361 e. The van der Waals surface area contributed by atoms with E-state index in [0.29, 0.717) is 6.42 Å². The van der Waals surface area contributed by atoms with Crippen molar-refractivity contribution in [3.8, 4) is 0 Å². The Hall–Kier alpha value is -2.15. The topological polar surface area (TPSA) is 72.6 Å². The first-order chi connectivity index (χ1) is 12.1. The van der Waals surface area contributed by atoms with E-state index in [9.17, 15) is 4.79 Å². The van der Waals surface area contributed by atoms with E-state index >= 15 is 0 Å². The van der Waals surface area contributed by atoms with Gasteiger partial charge in [-0.2, -0.15) is 0 Å². The normalized spacial score (nSPS) is 23.9. The lowest BCUT2D eigenvalue weighted by Gasteiger charge is -2.27. The number of para-hydroxylation sites is 1. The van der Waals surface area contributed by atoms with Crippen LogP contribution in [0, 0.1) is 5.92 Å². The van der Waals surface area contributed by atoms with Gasteiger partial charge in [0.1, 0.15) is 0 Å². The van der Waals surface area contributed by atoms with Crippen LogP contribution < -0.4 is 5.32 Å². The lowest BCUT2D eigenvalue weighted by atomic mass is 10.00. The van der Waals surface area contributed by atoms with Crippen molar-refractivity contribution >= 4 is 16.8 Å². The molecule has 1 aliphatic heterocycles. The fourth-order valence-electron chi connectivity index (χ4n) is 3.02. The highest BCUT2D eigenvalue weighted by Crippen LogP contribution is 2.24. The number of nitrogens with one attached hydrogen (secondary N) is 2. The van der Waals surface area contributed by atoms with Crippen LogP contribution in [0.2, 0.25) is 0 Å². The smallest absolute Gasteiger partial charge is 0.223 e. The molecule has 6 nitrogen and oxygen atoms in total. The Kier molecular flexibility index (Phi) is 5.22. The second kappa shape index (κ2) is 7.39. The summed E-state index contributed by atoms with van der Waals surface area (Å²) in [4.78, 5) is 15.7. The fraction of sp³-hybridized carbons (Fsp3) is 0.421. The molecule has 0 saturated heterocycles. The zero-order chi connectivity index (χ0) is 17.9. The molecule has 3 atom stereocenters. The summed E-state index contributed by atoms with van der Waals surface area (Å²) in [5.74, 6) is -1.19. The average molecular weight is 344 g/mol. The van der Waals surface area contributed by atoms with Gasteiger partial charge in [0.05, 0.1) is 6.54 Å². The number of carbonyl (C=O) groups is 1. The lowest BCUT2D eigenvalue weighted by molar-refractivity contribution is -0.239. The Bertz CT molecular complexity index is 770. The van der Waals surface area contributed by atoms with Gasteiger partial charge in [-0.1, -0.05) is 25.1 Å². The minimum atomic E-state index is -0.975. The number of rotatable bonds is 7. The molecule has 2 aromatic rings. The molecule has 6 heteroatoms. The van der Waals surface area contributed by atoms with E-state index in [4.69, 9.17) is 14.2 Å². The van der Waals surface area contributed by atoms with E-state index in [-0.39, 0.29) is 18.4 Å². The second-order valence-corrected chi connectivity index (χ2v) is 6.28. The molecule has 0 bridgehead atoms. The van der Waals surface area contributed by atoms with E-state index in [2.05, 4.69) is 16.4 Å². The maximum absolute atomic E-state index is 12.5. The predicted molar refractivity (Wildman–Crippen MR) is 94.9 cm³/mol. The number of methoxy groups -OCH3 is 2. The highest BCUT2D eigenvalue weighted by molar-refractivity contribution is 5.84. The molecule has 1 amide bonds. The van der Waals surface area contributed by atoms with Gasteiger partial charge in [-0.15, -0.1) is 0 Å².